The van der Waals surface area contributed by atoms with E-state index in [-0.39, 0.29) is 0 Å². The van der Waals surface area contributed by atoms with Crippen molar-refractivity contribution in [3.8, 4) is 6.07 Å². The molecule has 2 rings (SSSR count). The van der Waals surface area contributed by atoms with Crippen molar-refractivity contribution in [2.45, 2.75) is 0 Å². The summed E-state index contributed by atoms with van der Waals surface area (Å²) in [5.74, 6) is 0.788. The van der Waals surface area contributed by atoms with Crippen LogP contribution in [0.15, 0.2) is 12.3 Å². The number of hydrogen-bond donors (Lipinski definition) is 2. The highest BCUT2D eigenvalue weighted by atomic mass is 15.2. The molecule has 0 amide bonds. The van der Waals surface area contributed by atoms with Gasteiger partial charge in [0.2, 0.25) is 0 Å². The van der Waals surface area contributed by atoms with E-state index in [2.05, 4.69) is 15.2 Å². The number of nitrogens with two attached hydrogens (primary N) is 1. The Hall–Kier alpha value is -1.80. The van der Waals surface area contributed by atoms with Crippen molar-refractivity contribution in [3.63, 3.8) is 0 Å². The van der Waals surface area contributed by atoms with Crippen LogP contribution in [0.1, 0.15) is 5.56 Å². The largest absolute Gasteiger partial charge is 0.396 e. The summed E-state index contributed by atoms with van der Waals surface area (Å²) < 4.78 is 0. The molecule has 0 bridgehead atoms. The first-order valence-corrected chi connectivity index (χ1v) is 4.92. The van der Waals surface area contributed by atoms with E-state index in [1.165, 1.54) is 0 Å². The van der Waals surface area contributed by atoms with Gasteiger partial charge in [-0.2, -0.15) is 5.26 Å². The summed E-state index contributed by atoms with van der Waals surface area (Å²) in [6, 6.07) is 3.70. The molecule has 1 aromatic rings. The Morgan fingerprint density at radius 3 is 2.80 bits per heavy atom. The lowest BCUT2D eigenvalue weighted by Gasteiger charge is -2.29. The van der Waals surface area contributed by atoms with Gasteiger partial charge in [-0.05, 0) is 6.07 Å². The fourth-order valence-corrected chi connectivity index (χ4v) is 1.68. The number of nitriles is 1. The van der Waals surface area contributed by atoms with Gasteiger partial charge in [-0.3, -0.25) is 0 Å². The molecule has 0 radical (unpaired) electrons. The molecule has 1 aliphatic rings. The van der Waals surface area contributed by atoms with E-state index < -0.39 is 0 Å². The highest BCUT2D eigenvalue weighted by molar-refractivity contribution is 5.64. The number of anilines is 2. The van der Waals surface area contributed by atoms with E-state index in [0.717, 1.165) is 32.0 Å². The Morgan fingerprint density at radius 2 is 2.20 bits per heavy atom. The van der Waals surface area contributed by atoms with Crippen LogP contribution in [0, 0.1) is 11.3 Å². The standard InChI is InChI=1S/C10H13N5/c11-6-8-5-9(12)10(14-7-8)15-3-1-13-2-4-15/h5,7,13H,1-4,12H2. The molecule has 0 saturated carbocycles. The molecule has 0 atom stereocenters. The topological polar surface area (TPSA) is 78.0 Å². The van der Waals surface area contributed by atoms with E-state index in [1.807, 2.05) is 6.07 Å². The van der Waals surface area contributed by atoms with Gasteiger partial charge in [-0.25, -0.2) is 4.98 Å². The second kappa shape index (κ2) is 4.15. The zero-order valence-electron chi connectivity index (χ0n) is 8.40. The third kappa shape index (κ3) is 2.00. The minimum Gasteiger partial charge on any atom is -0.396 e. The van der Waals surface area contributed by atoms with Crippen LogP contribution in [0.25, 0.3) is 0 Å². The summed E-state index contributed by atoms with van der Waals surface area (Å²) in [5.41, 5.74) is 6.94. The third-order valence-electron chi connectivity index (χ3n) is 2.44. The van der Waals surface area contributed by atoms with Crippen LogP contribution >= 0.6 is 0 Å². The van der Waals surface area contributed by atoms with Crippen LogP contribution in [-0.4, -0.2) is 31.2 Å². The predicted molar refractivity (Wildman–Crippen MR) is 58.4 cm³/mol. The quantitative estimate of drug-likeness (QED) is 0.669. The molecule has 5 heteroatoms. The Kier molecular flexibility index (Phi) is 2.70. The fraction of sp³-hybridized carbons (Fsp3) is 0.400. The Balaban J connectivity index is 2.24. The molecule has 5 nitrogen and oxygen atoms in total. The predicted octanol–water partition coefficient (Wildman–Crippen LogP) is -0.0549. The van der Waals surface area contributed by atoms with Gasteiger partial charge in [-0.1, -0.05) is 0 Å². The number of hydrogen-bond acceptors (Lipinski definition) is 5. The van der Waals surface area contributed by atoms with Crippen molar-refractivity contribution in [1.29, 1.82) is 5.26 Å². The molecule has 0 spiro atoms. The number of pyridine rings is 1. The lowest BCUT2D eigenvalue weighted by atomic mass is 10.2. The number of nitrogen functional groups attached to an aromatic ring is 1. The lowest BCUT2D eigenvalue weighted by Crippen LogP contribution is -2.44. The van der Waals surface area contributed by atoms with E-state index in [1.54, 1.807) is 12.3 Å². The van der Waals surface area contributed by atoms with Crippen molar-refractivity contribution in [1.82, 2.24) is 10.3 Å². The summed E-state index contributed by atoms with van der Waals surface area (Å²) in [6.45, 7) is 3.70. The van der Waals surface area contributed by atoms with Crippen molar-refractivity contribution in [2.24, 2.45) is 0 Å². The summed E-state index contributed by atoms with van der Waals surface area (Å²) in [4.78, 5) is 6.36. The van der Waals surface area contributed by atoms with E-state index >= 15 is 0 Å². The van der Waals surface area contributed by atoms with E-state index in [0.29, 0.717) is 11.3 Å². The molecule has 78 valence electrons. The minimum absolute atomic E-state index is 0.506. The monoisotopic (exact) mass is 203 g/mol. The van der Waals surface area contributed by atoms with Crippen molar-refractivity contribution >= 4 is 11.5 Å². The van der Waals surface area contributed by atoms with Gasteiger partial charge in [0, 0.05) is 32.4 Å². The lowest BCUT2D eigenvalue weighted by molar-refractivity contribution is 0.585. The summed E-state index contributed by atoms with van der Waals surface area (Å²) >= 11 is 0. The van der Waals surface area contributed by atoms with Gasteiger partial charge in [0.05, 0.1) is 11.3 Å². The zero-order valence-corrected chi connectivity index (χ0v) is 8.40. The van der Waals surface area contributed by atoms with Gasteiger partial charge in [0.25, 0.3) is 0 Å². The SMILES string of the molecule is N#Cc1cnc(N2CCNCC2)c(N)c1. The normalized spacial score (nSPS) is 16.1. The molecule has 0 aliphatic carbocycles. The maximum absolute atomic E-state index is 8.69. The summed E-state index contributed by atoms with van der Waals surface area (Å²) in [7, 11) is 0. The molecule has 15 heavy (non-hydrogen) atoms. The highest BCUT2D eigenvalue weighted by Gasteiger charge is 2.14. The van der Waals surface area contributed by atoms with E-state index in [4.69, 9.17) is 11.0 Å². The Bertz CT molecular complexity index is 389. The molecule has 1 aliphatic heterocycles. The van der Waals surface area contributed by atoms with Crippen LogP contribution in [-0.2, 0) is 0 Å². The number of aromatic nitrogens is 1. The second-order valence-electron chi connectivity index (χ2n) is 3.49. The van der Waals surface area contributed by atoms with E-state index in [9.17, 15) is 0 Å². The number of nitrogens with one attached hydrogen (secondary N) is 1. The van der Waals surface area contributed by atoms with Gasteiger partial charge < -0.3 is 16.0 Å². The zero-order chi connectivity index (χ0) is 10.7. The number of piperazine rings is 1. The van der Waals surface area contributed by atoms with Crippen LogP contribution in [0.5, 0.6) is 0 Å². The first-order chi connectivity index (χ1) is 7.31. The molecule has 1 aromatic heterocycles. The average Bonchev–Trinajstić information content (AvgIpc) is 2.30. The van der Waals surface area contributed by atoms with Crippen molar-refractivity contribution < 1.29 is 0 Å². The van der Waals surface area contributed by atoms with Crippen molar-refractivity contribution in [2.75, 3.05) is 36.8 Å². The maximum Gasteiger partial charge on any atom is 0.151 e. The first kappa shape index (κ1) is 9.74. The van der Waals surface area contributed by atoms with Crippen LogP contribution < -0.4 is 16.0 Å². The molecule has 2 heterocycles. The smallest absolute Gasteiger partial charge is 0.151 e. The molecular weight excluding hydrogens is 190 g/mol. The van der Waals surface area contributed by atoms with Crippen LogP contribution in [0.2, 0.25) is 0 Å². The molecule has 0 unspecified atom stereocenters. The molecule has 3 N–H and O–H groups in total. The fourth-order valence-electron chi connectivity index (χ4n) is 1.68. The Morgan fingerprint density at radius 1 is 1.47 bits per heavy atom. The number of nitrogens with zero attached hydrogens (tertiary/aromatic N) is 3. The third-order valence-corrected chi connectivity index (χ3v) is 2.44. The molecule has 1 fully saturated rings. The summed E-state index contributed by atoms with van der Waals surface area (Å²) in [5, 5.41) is 12.0. The van der Waals surface area contributed by atoms with Gasteiger partial charge in [0.1, 0.15) is 6.07 Å². The summed E-state index contributed by atoms with van der Waals surface area (Å²) in [6.07, 6.45) is 1.56. The Labute approximate surface area is 88.5 Å². The van der Waals surface area contributed by atoms with Crippen LogP contribution in [0.3, 0.4) is 0 Å². The van der Waals surface area contributed by atoms with Gasteiger partial charge >= 0.3 is 0 Å². The molecular formula is C10H13N5. The van der Waals surface area contributed by atoms with Gasteiger partial charge in [0.15, 0.2) is 5.82 Å². The average molecular weight is 203 g/mol. The minimum atomic E-state index is 0.506. The van der Waals surface area contributed by atoms with Crippen LogP contribution in [0.4, 0.5) is 11.5 Å². The van der Waals surface area contributed by atoms with Gasteiger partial charge in [-0.15, -0.1) is 0 Å². The molecule has 1 saturated heterocycles. The number of rotatable bonds is 1. The second-order valence-corrected chi connectivity index (χ2v) is 3.49. The highest BCUT2D eigenvalue weighted by Crippen LogP contribution is 2.20. The molecule has 0 aromatic carbocycles. The van der Waals surface area contributed by atoms with Crippen molar-refractivity contribution in [3.05, 3.63) is 17.8 Å². The maximum atomic E-state index is 8.69. The first-order valence-electron chi connectivity index (χ1n) is 4.92.